The molecule has 2 fully saturated rings. The minimum absolute atomic E-state index is 0.0185. The van der Waals surface area contributed by atoms with Crippen LogP contribution in [0.4, 0.5) is 5.69 Å². The van der Waals surface area contributed by atoms with Crippen LogP contribution in [0, 0.1) is 27.9 Å². The molecule has 138 valence electrons. The molecule has 2 aliphatic carbocycles. The first-order valence-electron chi connectivity index (χ1n) is 9.27. The maximum absolute atomic E-state index is 12.6. The Bertz CT molecular complexity index is 852. The Morgan fingerprint density at radius 1 is 1.07 bits per heavy atom. The number of carbonyl (C=O) groups excluding carboxylic acids is 1. The average Bonchev–Trinajstić information content (AvgIpc) is 2.69. The summed E-state index contributed by atoms with van der Waals surface area (Å²) in [6.45, 7) is 0. The first kappa shape index (κ1) is 17.4. The number of hydrazone groups is 1. The average molecular weight is 363 g/mol. The highest BCUT2D eigenvalue weighted by atomic mass is 16.6. The summed E-state index contributed by atoms with van der Waals surface area (Å²) < 4.78 is 0. The van der Waals surface area contributed by atoms with Crippen LogP contribution in [0.3, 0.4) is 0 Å². The Morgan fingerprint density at radius 2 is 1.74 bits per heavy atom. The van der Waals surface area contributed by atoms with Crippen LogP contribution in [0.5, 0.6) is 0 Å². The molecule has 1 N–H and O–H groups in total. The van der Waals surface area contributed by atoms with Crippen molar-refractivity contribution >= 4 is 17.8 Å². The number of amides is 1. The summed E-state index contributed by atoms with van der Waals surface area (Å²) >= 11 is 0. The highest BCUT2D eigenvalue weighted by Crippen LogP contribution is 2.59. The van der Waals surface area contributed by atoms with Crippen LogP contribution in [0.1, 0.15) is 36.3 Å². The molecule has 0 saturated heterocycles. The molecule has 2 aromatic rings. The highest BCUT2D eigenvalue weighted by molar-refractivity contribution is 5.84. The van der Waals surface area contributed by atoms with Gasteiger partial charge < -0.3 is 0 Å². The van der Waals surface area contributed by atoms with E-state index in [1.807, 2.05) is 6.07 Å². The molecule has 2 atom stereocenters. The van der Waals surface area contributed by atoms with Crippen LogP contribution < -0.4 is 5.43 Å². The van der Waals surface area contributed by atoms with Crippen LogP contribution in [-0.2, 0) is 4.79 Å². The molecule has 0 radical (unpaired) electrons. The second-order valence-corrected chi connectivity index (χ2v) is 7.30. The van der Waals surface area contributed by atoms with Gasteiger partial charge in [0.25, 0.3) is 5.69 Å². The van der Waals surface area contributed by atoms with Crippen molar-refractivity contribution in [2.75, 3.05) is 0 Å². The SMILES string of the molecule is O=C(NN=Cc1ccc([N+](=O)[O-])cc1)C1C2CCCC1C2c1ccccc1. The predicted octanol–water partition coefficient (Wildman–Crippen LogP) is 3.87. The molecular formula is C21H21N3O3. The number of nitro benzene ring substituents is 1. The van der Waals surface area contributed by atoms with Crippen LogP contribution in [0.25, 0.3) is 0 Å². The van der Waals surface area contributed by atoms with Gasteiger partial charge in [0, 0.05) is 18.1 Å². The number of nitro groups is 1. The summed E-state index contributed by atoms with van der Waals surface area (Å²) in [7, 11) is 0. The Morgan fingerprint density at radius 3 is 2.37 bits per heavy atom. The lowest BCUT2D eigenvalue weighted by Crippen LogP contribution is -2.54. The number of hydrogen-bond donors (Lipinski definition) is 1. The van der Waals surface area contributed by atoms with Gasteiger partial charge in [0.05, 0.1) is 11.1 Å². The largest absolute Gasteiger partial charge is 0.273 e. The van der Waals surface area contributed by atoms with Gasteiger partial charge in [-0.05, 0) is 53.9 Å². The molecule has 6 nitrogen and oxygen atoms in total. The van der Waals surface area contributed by atoms with E-state index in [1.165, 1.54) is 30.3 Å². The van der Waals surface area contributed by atoms with Crippen LogP contribution in [0.15, 0.2) is 59.7 Å². The number of nitrogens with one attached hydrogen (secondary N) is 1. The maximum Gasteiger partial charge on any atom is 0.269 e. The fourth-order valence-electron chi connectivity index (χ4n) is 4.73. The van der Waals surface area contributed by atoms with Gasteiger partial charge in [0.15, 0.2) is 0 Å². The second-order valence-electron chi connectivity index (χ2n) is 7.30. The molecule has 1 amide bonds. The van der Waals surface area contributed by atoms with E-state index in [9.17, 15) is 14.9 Å². The van der Waals surface area contributed by atoms with E-state index in [0.717, 1.165) is 12.8 Å². The molecule has 2 unspecified atom stereocenters. The van der Waals surface area contributed by atoms with Crippen LogP contribution in [-0.4, -0.2) is 17.0 Å². The Balaban J connectivity index is 1.38. The van der Waals surface area contributed by atoms with Gasteiger partial charge in [-0.1, -0.05) is 36.8 Å². The molecular weight excluding hydrogens is 342 g/mol. The first-order chi connectivity index (χ1) is 13.1. The van der Waals surface area contributed by atoms with Crippen molar-refractivity contribution in [3.63, 3.8) is 0 Å². The Kier molecular flexibility index (Phi) is 4.71. The summed E-state index contributed by atoms with van der Waals surface area (Å²) in [6, 6.07) is 16.5. The molecule has 2 bridgehead atoms. The molecule has 6 heteroatoms. The zero-order chi connectivity index (χ0) is 18.8. The second kappa shape index (κ2) is 7.31. The minimum Gasteiger partial charge on any atom is -0.273 e. The topological polar surface area (TPSA) is 84.6 Å². The molecule has 0 aromatic heterocycles. The van der Waals surface area contributed by atoms with Crippen molar-refractivity contribution in [1.82, 2.24) is 5.43 Å². The van der Waals surface area contributed by atoms with Crippen LogP contribution in [0.2, 0.25) is 0 Å². The van der Waals surface area contributed by atoms with E-state index in [2.05, 4.69) is 34.8 Å². The van der Waals surface area contributed by atoms with Crippen molar-refractivity contribution in [2.24, 2.45) is 22.9 Å². The Labute approximate surface area is 157 Å². The molecule has 4 rings (SSSR count). The lowest BCUT2D eigenvalue weighted by Gasteiger charge is -2.55. The fraction of sp³-hybridized carbons (Fsp3) is 0.333. The number of hydrogen-bond acceptors (Lipinski definition) is 4. The van der Waals surface area contributed by atoms with Crippen molar-refractivity contribution in [1.29, 1.82) is 0 Å². The van der Waals surface area contributed by atoms with E-state index in [0.29, 0.717) is 23.3 Å². The number of benzene rings is 2. The fourth-order valence-corrected chi connectivity index (χ4v) is 4.73. The molecule has 0 spiro atoms. The Hall–Kier alpha value is -3.02. The first-order valence-corrected chi connectivity index (χ1v) is 9.27. The lowest BCUT2D eigenvalue weighted by molar-refractivity contribution is -0.384. The van der Waals surface area contributed by atoms with E-state index < -0.39 is 4.92 Å². The normalized spacial score (nSPS) is 26.4. The zero-order valence-electron chi connectivity index (χ0n) is 14.8. The maximum atomic E-state index is 12.6. The third-order valence-electron chi connectivity index (χ3n) is 5.90. The van der Waals surface area contributed by atoms with Gasteiger partial charge in [-0.3, -0.25) is 14.9 Å². The summed E-state index contributed by atoms with van der Waals surface area (Å²) in [5, 5.41) is 14.7. The van der Waals surface area contributed by atoms with E-state index in [4.69, 9.17) is 0 Å². The van der Waals surface area contributed by atoms with Crippen molar-refractivity contribution in [2.45, 2.75) is 25.2 Å². The van der Waals surface area contributed by atoms with Crippen molar-refractivity contribution in [3.8, 4) is 0 Å². The molecule has 0 heterocycles. The number of nitrogens with zero attached hydrogens (tertiary/aromatic N) is 2. The van der Waals surface area contributed by atoms with Gasteiger partial charge in [0.1, 0.15) is 0 Å². The van der Waals surface area contributed by atoms with Gasteiger partial charge in [-0.2, -0.15) is 5.10 Å². The smallest absolute Gasteiger partial charge is 0.269 e. The minimum atomic E-state index is -0.443. The van der Waals surface area contributed by atoms with E-state index in [-0.39, 0.29) is 17.5 Å². The van der Waals surface area contributed by atoms with Gasteiger partial charge in [-0.15, -0.1) is 0 Å². The molecule has 2 saturated carbocycles. The highest BCUT2D eigenvalue weighted by Gasteiger charge is 2.55. The van der Waals surface area contributed by atoms with E-state index in [1.54, 1.807) is 12.1 Å². The summed E-state index contributed by atoms with van der Waals surface area (Å²) in [5.74, 6) is 1.27. The third kappa shape index (κ3) is 3.35. The predicted molar refractivity (Wildman–Crippen MR) is 102 cm³/mol. The molecule has 27 heavy (non-hydrogen) atoms. The van der Waals surface area contributed by atoms with Crippen molar-refractivity contribution in [3.05, 3.63) is 75.8 Å². The number of carbonyl (C=O) groups is 1. The third-order valence-corrected chi connectivity index (χ3v) is 5.90. The molecule has 2 aromatic carbocycles. The number of non-ortho nitro benzene ring substituents is 1. The summed E-state index contributed by atoms with van der Waals surface area (Å²) in [4.78, 5) is 22.9. The quantitative estimate of drug-likeness (QED) is 0.497. The molecule has 0 aliphatic heterocycles. The number of rotatable bonds is 5. The van der Waals surface area contributed by atoms with Gasteiger partial charge in [-0.25, -0.2) is 5.43 Å². The zero-order valence-corrected chi connectivity index (χ0v) is 14.8. The summed E-state index contributed by atoms with van der Waals surface area (Å²) in [6.07, 6.45) is 4.87. The monoisotopic (exact) mass is 363 g/mol. The molecule has 2 aliphatic rings. The van der Waals surface area contributed by atoms with Crippen LogP contribution >= 0.6 is 0 Å². The standard InChI is InChI=1S/C21H21N3O3/c25-21(23-22-13-14-9-11-16(12-10-14)24(26)27)20-17-7-4-8-18(20)19(17)15-5-2-1-3-6-15/h1-3,5-6,9-13,17-20H,4,7-8H2,(H,23,25). The van der Waals surface area contributed by atoms with Crippen molar-refractivity contribution < 1.29 is 9.72 Å². The summed E-state index contributed by atoms with van der Waals surface area (Å²) in [5.41, 5.74) is 4.74. The number of fused-ring (bicyclic) bond motifs is 2. The van der Waals surface area contributed by atoms with E-state index >= 15 is 0 Å². The van der Waals surface area contributed by atoms with Gasteiger partial charge >= 0.3 is 0 Å². The lowest BCUT2D eigenvalue weighted by atomic mass is 9.48. The van der Waals surface area contributed by atoms with Gasteiger partial charge in [0.2, 0.25) is 5.91 Å².